The Balaban J connectivity index is 1.34. The van der Waals surface area contributed by atoms with E-state index in [1.165, 1.54) is 0 Å². The second kappa shape index (κ2) is 6.79. The van der Waals surface area contributed by atoms with Crippen LogP contribution in [0.25, 0.3) is 11.0 Å². The van der Waals surface area contributed by atoms with Crippen molar-refractivity contribution in [3.05, 3.63) is 30.1 Å². The minimum absolute atomic E-state index is 0.156. The number of carbonyl (C=O) groups is 3. The van der Waals surface area contributed by atoms with Crippen molar-refractivity contribution in [1.29, 1.82) is 0 Å². The topological polar surface area (TPSA) is 84.3 Å². The lowest BCUT2D eigenvalue weighted by atomic mass is 9.84. The zero-order valence-electron chi connectivity index (χ0n) is 15.5. The average molecular weight is 368 g/mol. The van der Waals surface area contributed by atoms with Crippen molar-refractivity contribution in [2.45, 2.75) is 45.6 Å². The summed E-state index contributed by atoms with van der Waals surface area (Å²) in [6.45, 7) is 2.76. The highest BCUT2D eigenvalue weighted by Gasteiger charge is 2.52. The van der Waals surface area contributed by atoms with E-state index in [0.717, 1.165) is 47.4 Å². The molecule has 142 valence electrons. The lowest BCUT2D eigenvalue weighted by Gasteiger charge is -2.20. The van der Waals surface area contributed by atoms with Gasteiger partial charge in [0.15, 0.2) is 0 Å². The highest BCUT2D eigenvalue weighted by atomic mass is 16.2. The molecule has 0 radical (unpaired) electrons. The summed E-state index contributed by atoms with van der Waals surface area (Å²) in [5.41, 5.74) is 1.43. The fourth-order valence-electron chi connectivity index (χ4n) is 4.45. The molecule has 0 atom stereocenters. The van der Waals surface area contributed by atoms with Crippen LogP contribution in [-0.4, -0.2) is 45.3 Å². The number of hydrogen-bond donors (Lipinski definition) is 1. The second-order valence-electron chi connectivity index (χ2n) is 7.60. The summed E-state index contributed by atoms with van der Waals surface area (Å²) in [7, 11) is 0. The van der Waals surface area contributed by atoms with Gasteiger partial charge in [-0.05, 0) is 31.9 Å². The maximum absolute atomic E-state index is 12.6. The number of aryl methyl sites for hydroxylation is 1. The van der Waals surface area contributed by atoms with Crippen LogP contribution in [0.1, 0.15) is 37.9 Å². The molecule has 2 fully saturated rings. The molecule has 1 aromatic carbocycles. The summed E-state index contributed by atoms with van der Waals surface area (Å²) in [4.78, 5) is 42.8. The van der Waals surface area contributed by atoms with Gasteiger partial charge in [0.05, 0.1) is 16.4 Å². The van der Waals surface area contributed by atoms with E-state index in [9.17, 15) is 14.4 Å². The summed E-state index contributed by atoms with van der Waals surface area (Å²) >= 11 is 0. The maximum Gasteiger partial charge on any atom is 0.240 e. The Morgan fingerprint density at radius 1 is 1.22 bits per heavy atom. The lowest BCUT2D eigenvalue weighted by molar-refractivity contribution is -0.144. The summed E-state index contributed by atoms with van der Waals surface area (Å²) in [5.74, 6) is 0.220. The third kappa shape index (κ3) is 3.11. The first-order valence-electron chi connectivity index (χ1n) is 9.54. The van der Waals surface area contributed by atoms with Crippen LogP contribution < -0.4 is 5.32 Å². The number of rotatable bonds is 5. The molecule has 1 saturated heterocycles. The van der Waals surface area contributed by atoms with Crippen molar-refractivity contribution in [3.8, 4) is 0 Å². The number of hydrogen-bond acceptors (Lipinski definition) is 4. The highest BCUT2D eigenvalue weighted by Crippen LogP contribution is 2.46. The van der Waals surface area contributed by atoms with Crippen LogP contribution in [-0.2, 0) is 20.9 Å². The summed E-state index contributed by atoms with van der Waals surface area (Å²) in [6, 6.07) is 7.87. The highest BCUT2D eigenvalue weighted by molar-refractivity contribution is 6.08. The number of amides is 3. The smallest absolute Gasteiger partial charge is 0.240 e. The Kier molecular flexibility index (Phi) is 4.45. The molecule has 1 aliphatic heterocycles. The zero-order valence-corrected chi connectivity index (χ0v) is 15.5. The Bertz CT molecular complexity index is 911. The van der Waals surface area contributed by atoms with Gasteiger partial charge in [-0.1, -0.05) is 25.0 Å². The van der Waals surface area contributed by atoms with Crippen LogP contribution in [0.3, 0.4) is 0 Å². The average Bonchev–Trinajstić information content (AvgIpc) is 3.30. The largest absolute Gasteiger partial charge is 0.353 e. The molecule has 27 heavy (non-hydrogen) atoms. The predicted octanol–water partition coefficient (Wildman–Crippen LogP) is 1.78. The minimum atomic E-state index is -0.524. The second-order valence-corrected chi connectivity index (χ2v) is 7.60. The Morgan fingerprint density at radius 2 is 1.96 bits per heavy atom. The van der Waals surface area contributed by atoms with Crippen LogP contribution in [0.2, 0.25) is 0 Å². The van der Waals surface area contributed by atoms with Crippen LogP contribution in [0.15, 0.2) is 24.3 Å². The molecule has 7 heteroatoms. The van der Waals surface area contributed by atoms with Crippen molar-refractivity contribution < 1.29 is 14.4 Å². The molecule has 1 spiro atoms. The molecule has 0 unspecified atom stereocenters. The van der Waals surface area contributed by atoms with Gasteiger partial charge in [0.2, 0.25) is 17.7 Å². The first-order valence-corrected chi connectivity index (χ1v) is 9.54. The first-order chi connectivity index (χ1) is 13.0. The molecular weight excluding hydrogens is 344 g/mol. The van der Waals surface area contributed by atoms with Gasteiger partial charge in [-0.25, -0.2) is 4.98 Å². The number of fused-ring (bicyclic) bond motifs is 1. The monoisotopic (exact) mass is 368 g/mol. The Morgan fingerprint density at radius 3 is 2.74 bits per heavy atom. The van der Waals surface area contributed by atoms with E-state index in [-0.39, 0.29) is 30.7 Å². The number of nitrogens with zero attached hydrogens (tertiary/aromatic N) is 3. The van der Waals surface area contributed by atoms with Gasteiger partial charge < -0.3 is 9.88 Å². The molecule has 1 saturated carbocycles. The third-order valence-electron chi connectivity index (χ3n) is 5.85. The minimum Gasteiger partial charge on any atom is -0.353 e. The predicted molar refractivity (Wildman–Crippen MR) is 99.7 cm³/mol. The van der Waals surface area contributed by atoms with Gasteiger partial charge in [0, 0.05) is 19.5 Å². The van der Waals surface area contributed by atoms with Gasteiger partial charge >= 0.3 is 0 Å². The molecule has 1 aromatic heterocycles. The maximum atomic E-state index is 12.6. The standard InChI is InChI=1S/C20H24N4O3/c1-14-22-15-6-2-3-7-16(15)23(14)11-10-21-17(25)13-24-18(26)12-20(19(24)27)8-4-5-9-20/h2-3,6-7H,4-5,8-13H2,1H3,(H,21,25). The number of imide groups is 1. The van der Waals surface area contributed by atoms with Crippen LogP contribution in [0.5, 0.6) is 0 Å². The third-order valence-corrected chi connectivity index (χ3v) is 5.85. The van der Waals surface area contributed by atoms with E-state index < -0.39 is 5.41 Å². The molecular formula is C20H24N4O3. The van der Waals surface area contributed by atoms with Crippen LogP contribution >= 0.6 is 0 Å². The first kappa shape index (κ1) is 17.7. The molecule has 0 bridgehead atoms. The fraction of sp³-hybridized carbons (Fsp3) is 0.500. The van der Waals surface area contributed by atoms with Crippen LogP contribution in [0.4, 0.5) is 0 Å². The molecule has 2 aromatic rings. The number of benzene rings is 1. The SMILES string of the molecule is Cc1nc2ccccc2n1CCNC(=O)CN1C(=O)CC2(CCCC2)C1=O. The van der Waals surface area contributed by atoms with E-state index in [1.807, 2.05) is 31.2 Å². The van der Waals surface area contributed by atoms with Crippen molar-refractivity contribution in [2.75, 3.05) is 13.1 Å². The summed E-state index contributed by atoms with van der Waals surface area (Å²) < 4.78 is 2.05. The molecule has 7 nitrogen and oxygen atoms in total. The van der Waals surface area contributed by atoms with Crippen molar-refractivity contribution in [1.82, 2.24) is 19.8 Å². The van der Waals surface area contributed by atoms with Crippen molar-refractivity contribution >= 4 is 28.8 Å². The number of aromatic nitrogens is 2. The van der Waals surface area contributed by atoms with E-state index >= 15 is 0 Å². The normalized spacial score (nSPS) is 18.8. The van der Waals surface area contributed by atoms with Crippen molar-refractivity contribution in [2.24, 2.45) is 5.41 Å². The van der Waals surface area contributed by atoms with E-state index in [0.29, 0.717) is 13.1 Å². The number of para-hydroxylation sites is 2. The number of imidazole rings is 1. The van der Waals surface area contributed by atoms with E-state index in [2.05, 4.69) is 14.9 Å². The van der Waals surface area contributed by atoms with Gasteiger partial charge in [-0.15, -0.1) is 0 Å². The molecule has 2 heterocycles. The number of likely N-dealkylation sites (tertiary alicyclic amines) is 1. The van der Waals surface area contributed by atoms with Crippen LogP contribution in [0, 0.1) is 12.3 Å². The number of carbonyl (C=O) groups excluding carboxylic acids is 3. The van der Waals surface area contributed by atoms with E-state index in [4.69, 9.17) is 0 Å². The Labute approximate surface area is 157 Å². The molecule has 3 amide bonds. The molecule has 4 rings (SSSR count). The Hall–Kier alpha value is -2.70. The number of nitrogens with one attached hydrogen (secondary N) is 1. The molecule has 1 aliphatic carbocycles. The van der Waals surface area contributed by atoms with Gasteiger partial charge in [-0.2, -0.15) is 0 Å². The quantitative estimate of drug-likeness (QED) is 0.816. The van der Waals surface area contributed by atoms with Gasteiger partial charge in [0.25, 0.3) is 0 Å². The zero-order chi connectivity index (χ0) is 19.0. The van der Waals surface area contributed by atoms with Gasteiger partial charge in [-0.3, -0.25) is 19.3 Å². The van der Waals surface area contributed by atoms with Crippen molar-refractivity contribution in [3.63, 3.8) is 0 Å². The molecule has 2 aliphatic rings. The summed E-state index contributed by atoms with van der Waals surface area (Å²) in [6.07, 6.45) is 3.76. The fourth-order valence-corrected chi connectivity index (χ4v) is 4.45. The molecule has 1 N–H and O–H groups in total. The summed E-state index contributed by atoms with van der Waals surface area (Å²) in [5, 5.41) is 2.83. The van der Waals surface area contributed by atoms with Gasteiger partial charge in [0.1, 0.15) is 12.4 Å². The lowest BCUT2D eigenvalue weighted by Crippen LogP contribution is -2.42. The van der Waals surface area contributed by atoms with E-state index in [1.54, 1.807) is 0 Å².